The van der Waals surface area contributed by atoms with Crippen LogP contribution in [-0.4, -0.2) is 16.1 Å². The minimum Gasteiger partial charge on any atom is -0.487 e. The summed E-state index contributed by atoms with van der Waals surface area (Å²) in [5.74, 6) is -0.395. The van der Waals surface area contributed by atoms with Crippen LogP contribution >= 0.6 is 11.6 Å². The second-order valence-corrected chi connectivity index (χ2v) is 5.56. The molecule has 5 heteroatoms. The first kappa shape index (κ1) is 15.3. The number of pyridine rings is 1. The molecule has 1 aromatic heterocycles. The number of halogens is 1. The van der Waals surface area contributed by atoms with E-state index >= 15 is 0 Å². The van der Waals surface area contributed by atoms with Crippen molar-refractivity contribution in [2.45, 2.75) is 13.5 Å². The molecule has 3 rings (SSSR count). The standard InChI is InChI=1S/C18H14ClNO3/c1-11-14-4-2-3-5-15(14)20-16(17(11)18(21)22)10-23-13-8-6-12(19)7-9-13/h2-9H,10H2,1H3,(H,21,22). The molecule has 0 saturated carbocycles. The molecule has 116 valence electrons. The highest BCUT2D eigenvalue weighted by atomic mass is 35.5. The molecular weight excluding hydrogens is 314 g/mol. The van der Waals surface area contributed by atoms with Crippen LogP contribution < -0.4 is 4.74 Å². The van der Waals surface area contributed by atoms with Crippen molar-refractivity contribution in [3.63, 3.8) is 0 Å². The van der Waals surface area contributed by atoms with Gasteiger partial charge in [-0.25, -0.2) is 9.78 Å². The Kier molecular flexibility index (Phi) is 4.17. The van der Waals surface area contributed by atoms with Crippen LogP contribution in [-0.2, 0) is 6.61 Å². The molecule has 0 bridgehead atoms. The normalized spacial score (nSPS) is 10.7. The second-order valence-electron chi connectivity index (χ2n) is 5.12. The number of ether oxygens (including phenoxy) is 1. The average Bonchev–Trinajstić information content (AvgIpc) is 2.54. The highest BCUT2D eigenvalue weighted by molar-refractivity contribution is 6.30. The number of aromatic carboxylic acids is 1. The zero-order chi connectivity index (χ0) is 16.4. The molecular formula is C18H14ClNO3. The molecule has 0 atom stereocenters. The lowest BCUT2D eigenvalue weighted by Crippen LogP contribution is -2.11. The molecule has 0 aliphatic heterocycles. The van der Waals surface area contributed by atoms with Gasteiger partial charge in [0, 0.05) is 10.4 Å². The maximum atomic E-state index is 11.6. The van der Waals surface area contributed by atoms with Crippen molar-refractivity contribution in [1.29, 1.82) is 0 Å². The van der Waals surface area contributed by atoms with Gasteiger partial charge in [-0.3, -0.25) is 0 Å². The van der Waals surface area contributed by atoms with Gasteiger partial charge in [0.2, 0.25) is 0 Å². The first-order valence-corrected chi connectivity index (χ1v) is 7.44. The molecule has 23 heavy (non-hydrogen) atoms. The summed E-state index contributed by atoms with van der Waals surface area (Å²) in [6.07, 6.45) is 0. The Morgan fingerprint density at radius 3 is 2.57 bits per heavy atom. The van der Waals surface area contributed by atoms with Crippen molar-refractivity contribution < 1.29 is 14.6 Å². The number of carboxylic acids is 1. The van der Waals surface area contributed by atoms with Crippen LogP contribution in [0.5, 0.6) is 5.75 Å². The molecule has 0 spiro atoms. The predicted molar refractivity (Wildman–Crippen MR) is 89.2 cm³/mol. The van der Waals surface area contributed by atoms with Crippen LogP contribution in [0.15, 0.2) is 48.5 Å². The number of carboxylic acid groups (broad SMARTS) is 1. The van der Waals surface area contributed by atoms with Crippen molar-refractivity contribution in [3.8, 4) is 5.75 Å². The number of carbonyl (C=O) groups is 1. The largest absolute Gasteiger partial charge is 0.487 e. The first-order valence-electron chi connectivity index (χ1n) is 7.06. The average molecular weight is 328 g/mol. The Morgan fingerprint density at radius 1 is 1.17 bits per heavy atom. The van der Waals surface area contributed by atoms with E-state index in [1.54, 1.807) is 31.2 Å². The van der Waals surface area contributed by atoms with E-state index in [4.69, 9.17) is 16.3 Å². The van der Waals surface area contributed by atoms with Crippen molar-refractivity contribution in [1.82, 2.24) is 4.98 Å². The highest BCUT2D eigenvalue weighted by Crippen LogP contribution is 2.24. The summed E-state index contributed by atoms with van der Waals surface area (Å²) in [6.45, 7) is 1.87. The van der Waals surface area contributed by atoms with Gasteiger partial charge in [0.25, 0.3) is 0 Å². The Bertz CT molecular complexity index is 875. The zero-order valence-corrected chi connectivity index (χ0v) is 13.2. The first-order chi connectivity index (χ1) is 11.1. The summed E-state index contributed by atoms with van der Waals surface area (Å²) in [5.41, 5.74) is 2.05. The van der Waals surface area contributed by atoms with E-state index in [9.17, 15) is 9.90 Å². The number of aromatic nitrogens is 1. The molecule has 0 radical (unpaired) electrons. The fraction of sp³-hybridized carbons (Fsp3) is 0.111. The van der Waals surface area contributed by atoms with Crippen LogP contribution in [0.3, 0.4) is 0 Å². The number of nitrogens with zero attached hydrogens (tertiary/aromatic N) is 1. The Morgan fingerprint density at radius 2 is 1.87 bits per heavy atom. The SMILES string of the molecule is Cc1c(C(=O)O)c(COc2ccc(Cl)cc2)nc2ccccc12. The van der Waals surface area contributed by atoms with Gasteiger partial charge < -0.3 is 9.84 Å². The number of hydrogen-bond donors (Lipinski definition) is 1. The Labute approximate surface area is 138 Å². The van der Waals surface area contributed by atoms with Crippen LogP contribution in [0.1, 0.15) is 21.6 Å². The van der Waals surface area contributed by atoms with Gasteiger partial charge in [0.05, 0.1) is 16.8 Å². The van der Waals surface area contributed by atoms with E-state index in [2.05, 4.69) is 4.98 Å². The fourth-order valence-electron chi connectivity index (χ4n) is 2.51. The van der Waals surface area contributed by atoms with Crippen molar-refractivity contribution >= 4 is 28.5 Å². The lowest BCUT2D eigenvalue weighted by atomic mass is 10.0. The predicted octanol–water partition coefficient (Wildman–Crippen LogP) is 4.47. The van der Waals surface area contributed by atoms with E-state index in [-0.39, 0.29) is 12.2 Å². The summed E-state index contributed by atoms with van der Waals surface area (Å²) in [7, 11) is 0. The number of aryl methyl sites for hydroxylation is 1. The van der Waals surface area contributed by atoms with E-state index < -0.39 is 5.97 Å². The van der Waals surface area contributed by atoms with Crippen LogP contribution in [0.25, 0.3) is 10.9 Å². The summed E-state index contributed by atoms with van der Waals surface area (Å²) < 4.78 is 5.66. The van der Waals surface area contributed by atoms with Gasteiger partial charge in [0.15, 0.2) is 0 Å². The summed E-state index contributed by atoms with van der Waals surface area (Å²) in [5, 5.41) is 11.0. The number of benzene rings is 2. The zero-order valence-electron chi connectivity index (χ0n) is 12.4. The van der Waals surface area contributed by atoms with E-state index in [1.807, 2.05) is 24.3 Å². The van der Waals surface area contributed by atoms with Gasteiger partial charge in [-0.2, -0.15) is 0 Å². The maximum absolute atomic E-state index is 11.6. The molecule has 0 fully saturated rings. The van der Waals surface area contributed by atoms with Crippen LogP contribution in [0.2, 0.25) is 5.02 Å². The molecule has 1 N–H and O–H groups in total. The quantitative estimate of drug-likeness (QED) is 0.767. The summed E-state index contributed by atoms with van der Waals surface area (Å²) in [4.78, 5) is 16.1. The van der Waals surface area contributed by atoms with Crippen molar-refractivity contribution in [3.05, 3.63) is 70.4 Å². The van der Waals surface area contributed by atoms with Gasteiger partial charge >= 0.3 is 5.97 Å². The van der Waals surface area contributed by atoms with Crippen LogP contribution in [0.4, 0.5) is 0 Å². The third-order valence-electron chi connectivity index (χ3n) is 3.63. The third-order valence-corrected chi connectivity index (χ3v) is 3.88. The smallest absolute Gasteiger partial charge is 0.337 e. The van der Waals surface area contributed by atoms with Crippen molar-refractivity contribution in [2.24, 2.45) is 0 Å². The van der Waals surface area contributed by atoms with Gasteiger partial charge in [0.1, 0.15) is 12.4 Å². The third kappa shape index (κ3) is 3.12. The van der Waals surface area contributed by atoms with Gasteiger partial charge in [-0.1, -0.05) is 29.8 Å². The van der Waals surface area contributed by atoms with Crippen LogP contribution in [0, 0.1) is 6.92 Å². The molecule has 0 aliphatic rings. The van der Waals surface area contributed by atoms with Crippen molar-refractivity contribution in [2.75, 3.05) is 0 Å². The number of rotatable bonds is 4. The topological polar surface area (TPSA) is 59.4 Å². The van der Waals surface area contributed by atoms with Gasteiger partial charge in [-0.05, 0) is 42.8 Å². The fourth-order valence-corrected chi connectivity index (χ4v) is 2.64. The van der Waals surface area contributed by atoms with Gasteiger partial charge in [-0.15, -0.1) is 0 Å². The minimum atomic E-state index is -1.00. The maximum Gasteiger partial charge on any atom is 0.337 e. The molecule has 2 aromatic carbocycles. The number of hydrogen-bond acceptors (Lipinski definition) is 3. The molecule has 0 aliphatic carbocycles. The monoisotopic (exact) mass is 327 g/mol. The molecule has 0 amide bonds. The summed E-state index contributed by atoms with van der Waals surface area (Å²) in [6, 6.07) is 14.4. The molecule has 4 nitrogen and oxygen atoms in total. The lowest BCUT2D eigenvalue weighted by Gasteiger charge is -2.12. The van der Waals surface area contributed by atoms with E-state index in [0.29, 0.717) is 22.0 Å². The second kappa shape index (κ2) is 6.26. The van der Waals surface area contributed by atoms with E-state index in [1.165, 1.54) is 0 Å². The number of fused-ring (bicyclic) bond motifs is 1. The molecule has 1 heterocycles. The molecule has 0 unspecified atom stereocenters. The minimum absolute atomic E-state index is 0.0783. The molecule has 3 aromatic rings. The Hall–Kier alpha value is -2.59. The highest BCUT2D eigenvalue weighted by Gasteiger charge is 2.18. The Balaban J connectivity index is 2.00. The lowest BCUT2D eigenvalue weighted by molar-refractivity contribution is 0.0692. The van der Waals surface area contributed by atoms with E-state index in [0.717, 1.165) is 10.9 Å². The summed E-state index contributed by atoms with van der Waals surface area (Å²) >= 11 is 5.84. The molecule has 0 saturated heterocycles. The number of para-hydroxylation sites is 1.